The van der Waals surface area contributed by atoms with Gasteiger partial charge in [0.2, 0.25) is 0 Å². The lowest BCUT2D eigenvalue weighted by Gasteiger charge is -2.16. The molecule has 1 aliphatic rings. The van der Waals surface area contributed by atoms with Crippen LogP contribution < -0.4 is 15.4 Å². The van der Waals surface area contributed by atoms with Gasteiger partial charge in [-0.2, -0.15) is 0 Å². The standard InChI is InChI=1S/C21H32N6O2.HI/c1-4-28-18-8-5-7-17(13-18)10-11-22-21(23-14-19-9-6-12-29-19)24-15-20-26-25-16(2)27(20)3;/h5,7-8,13,19H,4,6,9-12,14-15H2,1-3H3,(H2,22,23,24);1H. The Hall–Kier alpha value is -1.88. The van der Waals surface area contributed by atoms with Gasteiger partial charge in [-0.1, -0.05) is 12.1 Å². The highest BCUT2D eigenvalue weighted by molar-refractivity contribution is 14.0. The van der Waals surface area contributed by atoms with E-state index in [1.807, 2.05) is 37.6 Å². The van der Waals surface area contributed by atoms with E-state index in [4.69, 9.17) is 14.5 Å². The monoisotopic (exact) mass is 528 g/mol. The molecule has 1 aromatic heterocycles. The van der Waals surface area contributed by atoms with Crippen molar-refractivity contribution in [3.8, 4) is 5.75 Å². The highest BCUT2D eigenvalue weighted by atomic mass is 127. The lowest BCUT2D eigenvalue weighted by atomic mass is 10.1. The van der Waals surface area contributed by atoms with Gasteiger partial charge in [0, 0.05) is 26.7 Å². The van der Waals surface area contributed by atoms with Crippen LogP contribution in [0.15, 0.2) is 29.3 Å². The lowest BCUT2D eigenvalue weighted by Crippen LogP contribution is -2.42. The molecule has 0 saturated carbocycles. The van der Waals surface area contributed by atoms with Crippen molar-refractivity contribution in [1.82, 2.24) is 25.4 Å². The summed E-state index contributed by atoms with van der Waals surface area (Å²) in [5, 5.41) is 15.1. The summed E-state index contributed by atoms with van der Waals surface area (Å²) in [5.41, 5.74) is 1.23. The van der Waals surface area contributed by atoms with E-state index in [9.17, 15) is 0 Å². The van der Waals surface area contributed by atoms with E-state index in [1.54, 1.807) is 0 Å². The van der Waals surface area contributed by atoms with Crippen molar-refractivity contribution in [2.75, 3.05) is 26.3 Å². The molecule has 2 aromatic rings. The molecule has 1 saturated heterocycles. The van der Waals surface area contributed by atoms with Crippen molar-refractivity contribution >= 4 is 29.9 Å². The molecule has 2 heterocycles. The number of ether oxygens (including phenoxy) is 2. The van der Waals surface area contributed by atoms with Crippen molar-refractivity contribution in [3.63, 3.8) is 0 Å². The number of aliphatic imine (C=N–C) groups is 1. The minimum absolute atomic E-state index is 0. The average Bonchev–Trinajstić information content (AvgIpc) is 3.35. The van der Waals surface area contributed by atoms with Crippen molar-refractivity contribution < 1.29 is 9.47 Å². The molecule has 1 atom stereocenters. The lowest BCUT2D eigenvalue weighted by molar-refractivity contribution is 0.114. The summed E-state index contributed by atoms with van der Waals surface area (Å²) < 4.78 is 13.3. The second-order valence-electron chi connectivity index (χ2n) is 7.16. The van der Waals surface area contributed by atoms with Crippen LogP contribution in [0.3, 0.4) is 0 Å². The van der Waals surface area contributed by atoms with Crippen LogP contribution in [0.4, 0.5) is 0 Å². The zero-order chi connectivity index (χ0) is 20.5. The molecule has 8 nitrogen and oxygen atoms in total. The van der Waals surface area contributed by atoms with Gasteiger partial charge in [0.1, 0.15) is 18.1 Å². The SMILES string of the molecule is CCOc1cccc(CCNC(=NCc2nnc(C)n2C)NCC2CCCO2)c1.I. The number of aryl methyl sites for hydroxylation is 1. The Morgan fingerprint density at radius 2 is 2.20 bits per heavy atom. The largest absolute Gasteiger partial charge is 0.494 e. The molecule has 1 unspecified atom stereocenters. The normalized spacial score (nSPS) is 16.2. The van der Waals surface area contributed by atoms with Crippen LogP contribution in [0.1, 0.15) is 37.0 Å². The first-order chi connectivity index (χ1) is 14.2. The van der Waals surface area contributed by atoms with E-state index in [1.165, 1.54) is 5.56 Å². The fraction of sp³-hybridized carbons (Fsp3) is 0.571. The predicted molar refractivity (Wildman–Crippen MR) is 129 cm³/mol. The van der Waals surface area contributed by atoms with Crippen LogP contribution in [-0.4, -0.2) is 53.1 Å². The van der Waals surface area contributed by atoms with Crippen LogP contribution in [0.25, 0.3) is 0 Å². The first-order valence-corrected chi connectivity index (χ1v) is 10.4. The molecular formula is C21H33IN6O2. The number of benzene rings is 1. The molecule has 0 bridgehead atoms. The molecule has 1 aromatic carbocycles. The maximum Gasteiger partial charge on any atom is 0.191 e. The van der Waals surface area contributed by atoms with E-state index < -0.39 is 0 Å². The number of nitrogens with one attached hydrogen (secondary N) is 2. The first-order valence-electron chi connectivity index (χ1n) is 10.4. The Labute approximate surface area is 195 Å². The van der Waals surface area contributed by atoms with E-state index >= 15 is 0 Å². The fourth-order valence-electron chi connectivity index (χ4n) is 3.21. The molecule has 1 aliphatic heterocycles. The second-order valence-corrected chi connectivity index (χ2v) is 7.16. The van der Waals surface area contributed by atoms with Crippen LogP contribution >= 0.6 is 24.0 Å². The van der Waals surface area contributed by atoms with Gasteiger partial charge in [-0.05, 0) is 50.8 Å². The van der Waals surface area contributed by atoms with Gasteiger partial charge in [0.05, 0.1) is 12.7 Å². The summed E-state index contributed by atoms with van der Waals surface area (Å²) >= 11 is 0. The van der Waals surface area contributed by atoms with Gasteiger partial charge in [-0.15, -0.1) is 34.2 Å². The molecule has 3 rings (SSSR count). The second kappa shape index (κ2) is 12.7. The van der Waals surface area contributed by atoms with Crippen LogP contribution in [-0.2, 0) is 24.8 Å². The molecule has 166 valence electrons. The van der Waals surface area contributed by atoms with Crippen molar-refractivity contribution in [3.05, 3.63) is 41.5 Å². The number of hydrogen-bond acceptors (Lipinski definition) is 5. The summed E-state index contributed by atoms with van der Waals surface area (Å²) in [6, 6.07) is 8.22. The van der Waals surface area contributed by atoms with Gasteiger partial charge >= 0.3 is 0 Å². The third kappa shape index (κ3) is 7.42. The van der Waals surface area contributed by atoms with Gasteiger partial charge in [-0.25, -0.2) is 4.99 Å². The van der Waals surface area contributed by atoms with Gasteiger partial charge in [-0.3, -0.25) is 0 Å². The zero-order valence-electron chi connectivity index (χ0n) is 18.1. The van der Waals surface area contributed by atoms with Gasteiger partial charge in [0.25, 0.3) is 0 Å². The average molecular weight is 528 g/mol. The minimum atomic E-state index is 0. The third-order valence-corrected chi connectivity index (χ3v) is 5.00. The van der Waals surface area contributed by atoms with Crippen LogP contribution in [0, 0.1) is 6.92 Å². The smallest absolute Gasteiger partial charge is 0.191 e. The number of hydrogen-bond donors (Lipinski definition) is 2. The summed E-state index contributed by atoms with van der Waals surface area (Å²) in [6.45, 7) is 7.45. The molecule has 9 heteroatoms. The molecule has 0 amide bonds. The van der Waals surface area contributed by atoms with Crippen molar-refractivity contribution in [2.24, 2.45) is 12.0 Å². The molecule has 0 radical (unpaired) electrons. The predicted octanol–water partition coefficient (Wildman–Crippen LogP) is 2.60. The first kappa shape index (κ1) is 24.4. The van der Waals surface area contributed by atoms with Crippen LogP contribution in [0.5, 0.6) is 5.75 Å². The summed E-state index contributed by atoms with van der Waals surface area (Å²) in [7, 11) is 1.96. The highest BCUT2D eigenvalue weighted by Crippen LogP contribution is 2.13. The Balaban J connectivity index is 0.00000320. The van der Waals surface area contributed by atoms with E-state index in [-0.39, 0.29) is 30.1 Å². The maximum absolute atomic E-state index is 5.71. The Morgan fingerprint density at radius 1 is 1.33 bits per heavy atom. The Kier molecular flexibility index (Phi) is 10.4. The Morgan fingerprint density at radius 3 is 2.90 bits per heavy atom. The topological polar surface area (TPSA) is 85.6 Å². The third-order valence-electron chi connectivity index (χ3n) is 5.00. The molecule has 0 aliphatic carbocycles. The fourth-order valence-corrected chi connectivity index (χ4v) is 3.21. The number of rotatable bonds is 9. The molecule has 1 fully saturated rings. The number of aromatic nitrogens is 3. The quantitative estimate of drug-likeness (QED) is 0.296. The zero-order valence-corrected chi connectivity index (χ0v) is 20.4. The number of halogens is 1. The Bertz CT molecular complexity index is 805. The van der Waals surface area contributed by atoms with Gasteiger partial charge < -0.3 is 24.7 Å². The number of guanidine groups is 1. The molecule has 0 spiro atoms. The highest BCUT2D eigenvalue weighted by Gasteiger charge is 2.15. The van der Waals surface area contributed by atoms with E-state index in [0.717, 1.165) is 62.3 Å². The van der Waals surface area contributed by atoms with Crippen molar-refractivity contribution in [1.29, 1.82) is 0 Å². The number of nitrogens with zero attached hydrogens (tertiary/aromatic N) is 4. The van der Waals surface area contributed by atoms with E-state index in [0.29, 0.717) is 13.2 Å². The summed E-state index contributed by atoms with van der Waals surface area (Å²) in [6.07, 6.45) is 3.35. The van der Waals surface area contributed by atoms with Crippen molar-refractivity contribution in [2.45, 2.75) is 45.8 Å². The van der Waals surface area contributed by atoms with E-state index in [2.05, 4.69) is 33.0 Å². The molecular weight excluding hydrogens is 495 g/mol. The van der Waals surface area contributed by atoms with Crippen LogP contribution in [0.2, 0.25) is 0 Å². The maximum atomic E-state index is 5.71. The minimum Gasteiger partial charge on any atom is -0.494 e. The van der Waals surface area contributed by atoms with Gasteiger partial charge in [0.15, 0.2) is 11.8 Å². The molecule has 2 N–H and O–H groups in total. The summed E-state index contributed by atoms with van der Waals surface area (Å²) in [4.78, 5) is 4.70. The summed E-state index contributed by atoms with van der Waals surface area (Å²) in [5.74, 6) is 3.39. The molecule has 30 heavy (non-hydrogen) atoms.